The van der Waals surface area contributed by atoms with Crippen LogP contribution in [0.25, 0.3) is 0 Å². The Bertz CT molecular complexity index is 463. The average Bonchev–Trinajstić information content (AvgIpc) is 2.54. The van der Waals surface area contributed by atoms with E-state index in [1.165, 1.54) is 7.11 Å². The summed E-state index contributed by atoms with van der Waals surface area (Å²) in [6.45, 7) is 7.77. The molecule has 0 bridgehead atoms. The zero-order chi connectivity index (χ0) is 14.8. The highest BCUT2D eigenvalue weighted by molar-refractivity contribution is 5.92. The third-order valence-electron chi connectivity index (χ3n) is 2.91. The molecule has 6 nitrogen and oxygen atoms in total. The van der Waals surface area contributed by atoms with Crippen molar-refractivity contribution >= 4 is 11.8 Å². The van der Waals surface area contributed by atoms with Crippen molar-refractivity contribution in [3.05, 3.63) is 11.5 Å². The summed E-state index contributed by atoms with van der Waals surface area (Å²) in [5.74, 6) is 0.602. The third-order valence-corrected chi connectivity index (χ3v) is 2.91. The zero-order valence-electron chi connectivity index (χ0n) is 12.6. The van der Waals surface area contributed by atoms with E-state index in [1.807, 2.05) is 25.6 Å². The van der Waals surface area contributed by atoms with Crippen molar-refractivity contribution < 1.29 is 9.53 Å². The molecule has 2 N–H and O–H groups in total. The Kier molecular flexibility index (Phi) is 4.57. The third kappa shape index (κ3) is 3.70. The molecule has 0 radical (unpaired) electrons. The monoisotopic (exact) mass is 268 g/mol. The number of nitrogens with two attached hydrogens (primary N) is 1. The molecule has 0 atom stereocenters. The zero-order valence-corrected chi connectivity index (χ0v) is 12.6. The number of aryl methyl sites for hydroxylation is 1. The number of aromatic nitrogens is 2. The first-order valence-corrected chi connectivity index (χ1v) is 6.23. The molecule has 0 saturated carbocycles. The average molecular weight is 268 g/mol. The summed E-state index contributed by atoms with van der Waals surface area (Å²) in [7, 11) is 5.39. The molecule has 0 unspecified atom stereocenters. The summed E-state index contributed by atoms with van der Waals surface area (Å²) in [5.41, 5.74) is 6.22. The van der Waals surface area contributed by atoms with Crippen molar-refractivity contribution in [2.24, 2.45) is 5.41 Å². The Labute approximate surface area is 114 Å². The number of hydrogen-bond donors (Lipinski definition) is 1. The van der Waals surface area contributed by atoms with E-state index in [0.29, 0.717) is 12.4 Å². The highest BCUT2D eigenvalue weighted by atomic mass is 16.5. The maximum absolute atomic E-state index is 11.6. The van der Waals surface area contributed by atoms with Crippen LogP contribution in [-0.2, 0) is 11.3 Å². The van der Waals surface area contributed by atoms with Crippen molar-refractivity contribution in [2.45, 2.75) is 27.3 Å². The van der Waals surface area contributed by atoms with Gasteiger partial charge in [0.2, 0.25) is 0 Å². The quantitative estimate of drug-likeness (QED) is 0.811. The Morgan fingerprint density at radius 3 is 2.53 bits per heavy atom. The van der Waals surface area contributed by atoms with Crippen LogP contribution in [0.2, 0.25) is 0 Å². The number of esters is 1. The van der Waals surface area contributed by atoms with Crippen LogP contribution in [0.4, 0.5) is 5.82 Å². The molecule has 0 aliphatic rings. The first kappa shape index (κ1) is 15.5. The van der Waals surface area contributed by atoms with Crippen LogP contribution < -0.4 is 5.73 Å². The van der Waals surface area contributed by atoms with E-state index in [4.69, 9.17) is 5.73 Å². The molecule has 0 aromatic carbocycles. The van der Waals surface area contributed by atoms with Gasteiger partial charge in [-0.2, -0.15) is 0 Å². The molecular weight excluding hydrogens is 244 g/mol. The lowest BCUT2D eigenvalue weighted by atomic mass is 9.93. The van der Waals surface area contributed by atoms with Gasteiger partial charge in [0.05, 0.1) is 7.11 Å². The normalized spacial score (nSPS) is 11.9. The van der Waals surface area contributed by atoms with Crippen LogP contribution in [0.1, 0.15) is 30.2 Å². The molecule has 1 aromatic heterocycles. The number of nitrogen functional groups attached to an aromatic ring is 1. The molecule has 1 aromatic rings. The predicted octanol–water partition coefficient (Wildman–Crippen LogP) is 1.15. The predicted molar refractivity (Wildman–Crippen MR) is 75.1 cm³/mol. The van der Waals surface area contributed by atoms with E-state index < -0.39 is 5.97 Å². The van der Waals surface area contributed by atoms with Crippen LogP contribution in [0.15, 0.2) is 0 Å². The Morgan fingerprint density at radius 1 is 1.47 bits per heavy atom. The largest absolute Gasteiger partial charge is 0.464 e. The van der Waals surface area contributed by atoms with Gasteiger partial charge in [0, 0.05) is 13.1 Å². The first-order valence-electron chi connectivity index (χ1n) is 6.23. The van der Waals surface area contributed by atoms with Gasteiger partial charge in [-0.1, -0.05) is 13.8 Å². The number of carbonyl (C=O) groups is 1. The maximum Gasteiger partial charge on any atom is 0.360 e. The van der Waals surface area contributed by atoms with E-state index in [1.54, 1.807) is 0 Å². The summed E-state index contributed by atoms with van der Waals surface area (Å²) < 4.78 is 6.55. The number of ether oxygens (including phenoxy) is 1. The Balaban J connectivity index is 3.02. The van der Waals surface area contributed by atoms with E-state index in [2.05, 4.69) is 28.5 Å². The number of carbonyl (C=O) groups excluding carboxylic acids is 1. The highest BCUT2D eigenvalue weighted by Gasteiger charge is 2.25. The van der Waals surface area contributed by atoms with Gasteiger partial charge in [0.15, 0.2) is 5.69 Å². The molecule has 108 valence electrons. The Morgan fingerprint density at radius 2 is 2.05 bits per heavy atom. The number of methoxy groups -OCH3 is 1. The molecule has 1 rings (SSSR count). The van der Waals surface area contributed by atoms with Gasteiger partial charge in [-0.15, -0.1) is 0 Å². The summed E-state index contributed by atoms with van der Waals surface area (Å²) in [6, 6.07) is 0. The molecule has 0 amide bonds. The summed E-state index contributed by atoms with van der Waals surface area (Å²) in [4.78, 5) is 17.9. The van der Waals surface area contributed by atoms with Gasteiger partial charge in [-0.3, -0.25) is 0 Å². The van der Waals surface area contributed by atoms with Crippen molar-refractivity contribution in [3.8, 4) is 0 Å². The number of nitrogens with zero attached hydrogens (tertiary/aromatic N) is 3. The standard InChI is InChI=1S/C13H24N4O2/c1-9-15-10(12(18)19-6)11(14)17(9)8-13(2,3)7-16(4)5/h7-8,14H2,1-6H3. The van der Waals surface area contributed by atoms with Crippen LogP contribution >= 0.6 is 0 Å². The fraction of sp³-hybridized carbons (Fsp3) is 0.692. The number of imidazole rings is 1. The minimum absolute atomic E-state index is 0.0243. The van der Waals surface area contributed by atoms with Gasteiger partial charge in [-0.05, 0) is 26.4 Å². The first-order chi connectivity index (χ1) is 8.68. The van der Waals surface area contributed by atoms with Gasteiger partial charge in [0.25, 0.3) is 0 Å². The molecule has 0 aliphatic carbocycles. The molecule has 1 heterocycles. The highest BCUT2D eigenvalue weighted by Crippen LogP contribution is 2.24. The van der Waals surface area contributed by atoms with Crippen molar-refractivity contribution in [3.63, 3.8) is 0 Å². The second-order valence-corrected chi connectivity index (χ2v) is 5.87. The van der Waals surface area contributed by atoms with Gasteiger partial charge >= 0.3 is 5.97 Å². The van der Waals surface area contributed by atoms with Crippen molar-refractivity contribution in [1.29, 1.82) is 0 Å². The fourth-order valence-electron chi connectivity index (χ4n) is 2.36. The molecule has 19 heavy (non-hydrogen) atoms. The molecule has 0 spiro atoms. The van der Waals surface area contributed by atoms with Crippen LogP contribution in [-0.4, -0.2) is 48.2 Å². The fourth-order valence-corrected chi connectivity index (χ4v) is 2.36. The molecule has 0 fully saturated rings. The van der Waals surface area contributed by atoms with E-state index in [9.17, 15) is 4.79 Å². The summed E-state index contributed by atoms with van der Waals surface area (Å²) in [5, 5.41) is 0. The second kappa shape index (κ2) is 5.61. The molecule has 6 heteroatoms. The van der Waals surface area contributed by atoms with Crippen LogP contribution in [0.5, 0.6) is 0 Å². The molecule has 0 saturated heterocycles. The van der Waals surface area contributed by atoms with E-state index >= 15 is 0 Å². The van der Waals surface area contributed by atoms with Crippen molar-refractivity contribution in [2.75, 3.05) is 33.5 Å². The smallest absolute Gasteiger partial charge is 0.360 e. The van der Waals surface area contributed by atoms with Gasteiger partial charge in [-0.25, -0.2) is 9.78 Å². The number of anilines is 1. The number of rotatable bonds is 5. The number of hydrogen-bond acceptors (Lipinski definition) is 5. The summed E-state index contributed by atoms with van der Waals surface area (Å²) in [6.07, 6.45) is 0. The lowest BCUT2D eigenvalue weighted by molar-refractivity contribution is 0.0595. The van der Waals surface area contributed by atoms with Gasteiger partial charge in [0.1, 0.15) is 11.6 Å². The molecular formula is C13H24N4O2. The van der Waals surface area contributed by atoms with Crippen LogP contribution in [0, 0.1) is 12.3 Å². The van der Waals surface area contributed by atoms with Crippen LogP contribution in [0.3, 0.4) is 0 Å². The van der Waals surface area contributed by atoms with E-state index in [-0.39, 0.29) is 11.1 Å². The van der Waals surface area contributed by atoms with Crippen molar-refractivity contribution in [1.82, 2.24) is 14.5 Å². The molecule has 0 aliphatic heterocycles. The maximum atomic E-state index is 11.6. The lowest BCUT2D eigenvalue weighted by Gasteiger charge is -2.29. The minimum Gasteiger partial charge on any atom is -0.464 e. The SMILES string of the molecule is COC(=O)c1nc(C)n(CC(C)(C)CN(C)C)c1N. The second-order valence-electron chi connectivity index (χ2n) is 5.87. The topological polar surface area (TPSA) is 73.4 Å². The summed E-state index contributed by atoms with van der Waals surface area (Å²) >= 11 is 0. The Hall–Kier alpha value is -1.56. The van der Waals surface area contributed by atoms with E-state index in [0.717, 1.165) is 12.4 Å². The minimum atomic E-state index is -0.496. The van der Waals surface area contributed by atoms with Gasteiger partial charge < -0.3 is 19.9 Å². The lowest BCUT2D eigenvalue weighted by Crippen LogP contribution is -2.33.